The average molecular weight is 482 g/mol. The number of hydrogen-bond acceptors (Lipinski definition) is 6. The van der Waals surface area contributed by atoms with Crippen molar-refractivity contribution >= 4 is 52.4 Å². The Labute approximate surface area is 186 Å². The lowest BCUT2D eigenvalue weighted by atomic mass is 10.0. The van der Waals surface area contributed by atoms with Gasteiger partial charge in [-0.1, -0.05) is 66.7 Å². The molecule has 1 unspecified atom stereocenters. The van der Waals surface area contributed by atoms with E-state index in [9.17, 15) is 20.1 Å². The van der Waals surface area contributed by atoms with Crippen molar-refractivity contribution in [3.63, 3.8) is 0 Å². The molecule has 1 aliphatic heterocycles. The van der Waals surface area contributed by atoms with E-state index < -0.39 is 34.3 Å². The largest absolute Gasteiger partial charge is 0.505 e. The summed E-state index contributed by atoms with van der Waals surface area (Å²) in [6, 6.07) is 0. The van der Waals surface area contributed by atoms with Gasteiger partial charge in [0.1, 0.15) is 21.7 Å². The van der Waals surface area contributed by atoms with Crippen LogP contribution in [-0.4, -0.2) is 21.3 Å². The maximum Gasteiger partial charge on any atom is 0.343 e. The van der Waals surface area contributed by atoms with Crippen LogP contribution in [0.2, 0.25) is 20.1 Å². The predicted molar refractivity (Wildman–Crippen MR) is 110 cm³/mol. The van der Waals surface area contributed by atoms with Crippen LogP contribution in [-0.2, 0) is 11.2 Å². The summed E-state index contributed by atoms with van der Waals surface area (Å²) in [6.45, 7) is 3.63. The molecular weight excluding hydrogens is 466 g/mol. The van der Waals surface area contributed by atoms with Crippen LogP contribution in [0.15, 0.2) is 0 Å². The van der Waals surface area contributed by atoms with E-state index in [1.807, 2.05) is 6.92 Å². The van der Waals surface area contributed by atoms with Gasteiger partial charge in [-0.05, 0) is 12.8 Å². The van der Waals surface area contributed by atoms with Crippen molar-refractivity contribution in [2.75, 3.05) is 0 Å². The van der Waals surface area contributed by atoms with Gasteiger partial charge in [0.25, 0.3) is 0 Å². The van der Waals surface area contributed by atoms with Crippen LogP contribution in [0.1, 0.15) is 54.3 Å². The molecule has 0 bridgehead atoms. The third-order valence-electron chi connectivity index (χ3n) is 4.58. The summed E-state index contributed by atoms with van der Waals surface area (Å²) >= 11 is 24.6. The van der Waals surface area contributed by atoms with E-state index in [1.54, 1.807) is 6.92 Å². The number of phenols is 3. The maximum absolute atomic E-state index is 12.5. The summed E-state index contributed by atoms with van der Waals surface area (Å²) in [6.07, 6.45) is 0.621. The zero-order chi connectivity index (χ0) is 21.6. The Morgan fingerprint density at radius 3 is 2.10 bits per heavy atom. The monoisotopic (exact) mass is 480 g/mol. The minimum Gasteiger partial charge on any atom is -0.505 e. The van der Waals surface area contributed by atoms with Gasteiger partial charge in [-0.25, -0.2) is 4.79 Å². The molecule has 2 aromatic carbocycles. The summed E-state index contributed by atoms with van der Waals surface area (Å²) in [7, 11) is 0. The van der Waals surface area contributed by atoms with Gasteiger partial charge < -0.3 is 24.8 Å². The number of ether oxygens (including phenoxy) is 2. The fraction of sp³-hybridized carbons (Fsp3) is 0.316. The Bertz CT molecular complexity index is 1020. The van der Waals surface area contributed by atoms with Gasteiger partial charge in [-0.2, -0.15) is 0 Å². The van der Waals surface area contributed by atoms with Gasteiger partial charge in [0, 0.05) is 11.1 Å². The molecular formula is C19H16Cl4O6. The lowest BCUT2D eigenvalue weighted by Crippen LogP contribution is -2.02. The molecule has 10 heteroatoms. The van der Waals surface area contributed by atoms with E-state index in [0.717, 1.165) is 0 Å². The molecule has 0 amide bonds. The number of carbonyl (C=O) groups excluding carboxylic acids is 1. The Balaban J connectivity index is 2.30. The van der Waals surface area contributed by atoms with E-state index in [-0.39, 0.29) is 43.3 Å². The molecule has 29 heavy (non-hydrogen) atoms. The Morgan fingerprint density at radius 2 is 1.52 bits per heavy atom. The molecule has 0 spiro atoms. The second-order valence-corrected chi connectivity index (χ2v) is 7.89. The Kier molecular flexibility index (Phi) is 6.20. The van der Waals surface area contributed by atoms with Crippen molar-refractivity contribution in [2.24, 2.45) is 0 Å². The minimum absolute atomic E-state index is 0.0631. The number of aromatic hydroxyl groups is 3. The van der Waals surface area contributed by atoms with Crippen molar-refractivity contribution < 1.29 is 29.6 Å². The molecule has 2 aromatic rings. The fourth-order valence-electron chi connectivity index (χ4n) is 3.19. The number of halogens is 4. The van der Waals surface area contributed by atoms with Gasteiger partial charge in [-0.3, -0.25) is 0 Å². The first kappa shape index (κ1) is 22.0. The second-order valence-electron chi connectivity index (χ2n) is 6.38. The average Bonchev–Trinajstić information content (AvgIpc) is 3.04. The molecule has 0 aromatic heterocycles. The van der Waals surface area contributed by atoms with Crippen molar-refractivity contribution in [1.29, 1.82) is 0 Å². The number of esters is 1. The van der Waals surface area contributed by atoms with Crippen LogP contribution in [0.3, 0.4) is 0 Å². The summed E-state index contributed by atoms with van der Waals surface area (Å²) in [5.41, 5.74) is 0.432. The van der Waals surface area contributed by atoms with Crippen molar-refractivity contribution in [3.05, 3.63) is 36.8 Å². The van der Waals surface area contributed by atoms with Crippen LogP contribution >= 0.6 is 46.4 Å². The van der Waals surface area contributed by atoms with Crippen LogP contribution in [0, 0.1) is 0 Å². The normalized spacial score (nSPS) is 15.4. The van der Waals surface area contributed by atoms with E-state index in [4.69, 9.17) is 55.9 Å². The third kappa shape index (κ3) is 3.42. The molecule has 156 valence electrons. The van der Waals surface area contributed by atoms with Gasteiger partial charge in [0.15, 0.2) is 28.7 Å². The number of carbonyl (C=O) groups is 1. The van der Waals surface area contributed by atoms with E-state index >= 15 is 0 Å². The standard InChI is InChI=1S/C19H16Cl4O6/c1-3-5-6-10(20)14(24)12(22)16(26)17(6)29-18-9-8(7(4-2)28-19(9)27)11(21)15(25)13(18)23/h7,24-26H,3-5H2,1-2H3. The molecule has 0 fully saturated rings. The Morgan fingerprint density at radius 1 is 0.897 bits per heavy atom. The number of rotatable bonds is 5. The van der Waals surface area contributed by atoms with Crippen molar-refractivity contribution in [1.82, 2.24) is 0 Å². The van der Waals surface area contributed by atoms with Crippen LogP contribution in [0.25, 0.3) is 0 Å². The van der Waals surface area contributed by atoms with Crippen molar-refractivity contribution in [2.45, 2.75) is 39.2 Å². The zero-order valence-corrected chi connectivity index (χ0v) is 18.3. The summed E-state index contributed by atoms with van der Waals surface area (Å²) in [5, 5.41) is 29.9. The number of phenolic OH excluding ortho intramolecular Hbond substituents is 3. The molecule has 1 atom stereocenters. The van der Waals surface area contributed by atoms with Crippen molar-refractivity contribution in [3.8, 4) is 28.7 Å². The highest BCUT2D eigenvalue weighted by Crippen LogP contribution is 2.55. The molecule has 0 radical (unpaired) electrons. The van der Waals surface area contributed by atoms with Crippen LogP contribution in [0.5, 0.6) is 28.7 Å². The first-order valence-corrected chi connectivity index (χ1v) is 10.2. The fourth-order valence-corrected chi connectivity index (χ4v) is 4.28. The maximum atomic E-state index is 12.5. The second kappa shape index (κ2) is 8.19. The minimum atomic E-state index is -0.738. The molecule has 0 aliphatic carbocycles. The first-order valence-electron chi connectivity index (χ1n) is 8.69. The van der Waals surface area contributed by atoms with Gasteiger partial charge >= 0.3 is 5.97 Å². The molecule has 1 heterocycles. The van der Waals surface area contributed by atoms with Crippen LogP contribution in [0.4, 0.5) is 0 Å². The van der Waals surface area contributed by atoms with E-state index in [0.29, 0.717) is 19.3 Å². The highest BCUT2D eigenvalue weighted by Gasteiger charge is 2.40. The number of cyclic esters (lactones) is 1. The summed E-state index contributed by atoms with van der Waals surface area (Å²) < 4.78 is 11.1. The van der Waals surface area contributed by atoms with E-state index in [2.05, 4.69) is 0 Å². The van der Waals surface area contributed by atoms with Crippen LogP contribution < -0.4 is 4.74 Å². The topological polar surface area (TPSA) is 96.2 Å². The molecule has 0 saturated heterocycles. The first-order chi connectivity index (χ1) is 13.6. The predicted octanol–water partition coefficient (Wildman–Crippen LogP) is 6.78. The molecule has 3 N–H and O–H groups in total. The highest BCUT2D eigenvalue weighted by molar-refractivity contribution is 6.40. The number of hydrogen-bond donors (Lipinski definition) is 3. The molecule has 6 nitrogen and oxygen atoms in total. The van der Waals surface area contributed by atoms with Gasteiger partial charge in [0.05, 0.1) is 10.0 Å². The number of fused-ring (bicyclic) bond motifs is 1. The Hall–Kier alpha value is -1.73. The molecule has 0 saturated carbocycles. The smallest absolute Gasteiger partial charge is 0.343 e. The summed E-state index contributed by atoms with van der Waals surface area (Å²) in [5.74, 6) is -2.77. The zero-order valence-electron chi connectivity index (χ0n) is 15.3. The van der Waals surface area contributed by atoms with E-state index in [1.165, 1.54) is 0 Å². The van der Waals surface area contributed by atoms with Gasteiger partial charge in [0.2, 0.25) is 0 Å². The quantitative estimate of drug-likeness (QED) is 0.407. The third-order valence-corrected chi connectivity index (χ3v) is 6.07. The molecule has 1 aliphatic rings. The van der Waals surface area contributed by atoms with Gasteiger partial charge in [-0.15, -0.1) is 0 Å². The number of benzene rings is 2. The highest BCUT2D eigenvalue weighted by atomic mass is 35.5. The molecule has 3 rings (SSSR count). The lowest BCUT2D eigenvalue weighted by Gasteiger charge is -2.19. The summed E-state index contributed by atoms with van der Waals surface area (Å²) in [4.78, 5) is 12.5. The SMILES string of the molecule is CCCc1c(Cl)c(O)c(Cl)c(O)c1Oc1c(Cl)c(O)c(Cl)c2c1C(=O)OC2CC. The lowest BCUT2D eigenvalue weighted by molar-refractivity contribution is 0.0377.